The molecule has 1 radical (unpaired) electrons. The lowest BCUT2D eigenvalue weighted by Gasteiger charge is -2.46. The zero-order valence-corrected chi connectivity index (χ0v) is 6.05. The van der Waals surface area contributed by atoms with E-state index in [1.807, 2.05) is 0 Å². The van der Waals surface area contributed by atoms with Crippen molar-refractivity contribution in [1.82, 2.24) is 0 Å². The lowest BCUT2D eigenvalue weighted by Crippen LogP contribution is -2.47. The standard InChI is InChI=1S/C8H13O/c1-8(2)5-6-3-4-9-7(6)8/h5-7H,3-4H2,1-2H3. The molecule has 1 saturated carbocycles. The van der Waals surface area contributed by atoms with Gasteiger partial charge in [-0.2, -0.15) is 0 Å². The van der Waals surface area contributed by atoms with Crippen molar-refractivity contribution in [3.8, 4) is 0 Å². The summed E-state index contributed by atoms with van der Waals surface area (Å²) < 4.78 is 5.54. The molecule has 2 unspecified atom stereocenters. The highest BCUT2D eigenvalue weighted by Gasteiger charge is 2.50. The largest absolute Gasteiger partial charge is 0.377 e. The molecule has 2 rings (SSSR count). The molecule has 1 heteroatoms. The van der Waals surface area contributed by atoms with E-state index < -0.39 is 0 Å². The third-order valence-electron chi connectivity index (χ3n) is 2.51. The number of hydrogen-bond donors (Lipinski definition) is 0. The summed E-state index contributed by atoms with van der Waals surface area (Å²) >= 11 is 0. The highest BCUT2D eigenvalue weighted by Crippen LogP contribution is 2.50. The zero-order valence-electron chi connectivity index (χ0n) is 6.05. The Hall–Kier alpha value is -0.0400. The van der Waals surface area contributed by atoms with Gasteiger partial charge in [0.05, 0.1) is 6.10 Å². The van der Waals surface area contributed by atoms with Crippen LogP contribution >= 0.6 is 0 Å². The van der Waals surface area contributed by atoms with E-state index in [4.69, 9.17) is 4.74 Å². The van der Waals surface area contributed by atoms with Gasteiger partial charge in [-0.15, -0.1) is 0 Å². The minimum absolute atomic E-state index is 0.376. The third-order valence-corrected chi connectivity index (χ3v) is 2.51. The Kier molecular flexibility index (Phi) is 0.963. The average Bonchev–Trinajstić information content (AvgIpc) is 2.10. The molecule has 0 aromatic rings. The molecule has 51 valence electrons. The smallest absolute Gasteiger partial charge is 0.0660 e. The summed E-state index contributed by atoms with van der Waals surface area (Å²) in [6.07, 6.45) is 4.23. The fourth-order valence-corrected chi connectivity index (χ4v) is 2.07. The van der Waals surface area contributed by atoms with Crippen LogP contribution in [-0.4, -0.2) is 12.7 Å². The fraction of sp³-hybridized carbons (Fsp3) is 0.875. The maximum atomic E-state index is 5.54. The Morgan fingerprint density at radius 2 is 2.33 bits per heavy atom. The molecule has 0 aromatic carbocycles. The third kappa shape index (κ3) is 0.644. The Labute approximate surface area is 56.4 Å². The molecule has 2 atom stereocenters. The van der Waals surface area contributed by atoms with Crippen LogP contribution in [0.1, 0.15) is 20.3 Å². The number of rotatable bonds is 0. The van der Waals surface area contributed by atoms with Crippen molar-refractivity contribution < 1.29 is 4.74 Å². The summed E-state index contributed by atoms with van der Waals surface area (Å²) in [4.78, 5) is 0. The predicted molar refractivity (Wildman–Crippen MR) is 35.9 cm³/mol. The van der Waals surface area contributed by atoms with Crippen molar-refractivity contribution in [1.29, 1.82) is 0 Å². The molecule has 1 saturated heterocycles. The van der Waals surface area contributed by atoms with Crippen LogP contribution < -0.4 is 0 Å². The molecule has 1 heterocycles. The van der Waals surface area contributed by atoms with Crippen molar-refractivity contribution in [3.05, 3.63) is 6.42 Å². The van der Waals surface area contributed by atoms with Crippen molar-refractivity contribution in [2.75, 3.05) is 6.61 Å². The second kappa shape index (κ2) is 1.51. The van der Waals surface area contributed by atoms with Gasteiger partial charge in [0.25, 0.3) is 0 Å². The van der Waals surface area contributed by atoms with E-state index in [0.29, 0.717) is 11.5 Å². The van der Waals surface area contributed by atoms with E-state index in [9.17, 15) is 0 Å². The topological polar surface area (TPSA) is 9.23 Å². The molecule has 0 bridgehead atoms. The summed E-state index contributed by atoms with van der Waals surface area (Å²) in [6, 6.07) is 0. The van der Waals surface area contributed by atoms with Crippen LogP contribution in [-0.2, 0) is 4.74 Å². The summed E-state index contributed by atoms with van der Waals surface area (Å²) in [5.74, 6) is 0.792. The van der Waals surface area contributed by atoms with Gasteiger partial charge in [-0.05, 0) is 24.2 Å². The van der Waals surface area contributed by atoms with E-state index in [0.717, 1.165) is 12.5 Å². The van der Waals surface area contributed by atoms with Crippen molar-refractivity contribution in [2.24, 2.45) is 11.3 Å². The lowest BCUT2D eigenvalue weighted by molar-refractivity contribution is -0.0329. The first-order valence-corrected chi connectivity index (χ1v) is 3.68. The molecule has 0 aromatic heterocycles. The maximum Gasteiger partial charge on any atom is 0.0660 e. The van der Waals surface area contributed by atoms with Gasteiger partial charge in [0.15, 0.2) is 0 Å². The number of fused-ring (bicyclic) bond motifs is 1. The fourth-order valence-electron chi connectivity index (χ4n) is 2.07. The molecule has 9 heavy (non-hydrogen) atoms. The van der Waals surface area contributed by atoms with Crippen LogP contribution in [0.25, 0.3) is 0 Å². The van der Waals surface area contributed by atoms with Crippen molar-refractivity contribution in [2.45, 2.75) is 26.4 Å². The normalized spacial score (nSPS) is 46.0. The van der Waals surface area contributed by atoms with Crippen LogP contribution in [0.15, 0.2) is 0 Å². The minimum atomic E-state index is 0.376. The van der Waals surface area contributed by atoms with E-state index in [-0.39, 0.29) is 0 Å². The van der Waals surface area contributed by atoms with E-state index in [1.165, 1.54) is 6.42 Å². The molecule has 0 N–H and O–H groups in total. The molecule has 1 nitrogen and oxygen atoms in total. The lowest BCUT2D eigenvalue weighted by atomic mass is 9.62. The summed E-state index contributed by atoms with van der Waals surface area (Å²) in [5, 5.41) is 0. The van der Waals surface area contributed by atoms with Gasteiger partial charge in [0.2, 0.25) is 0 Å². The first-order valence-electron chi connectivity index (χ1n) is 3.68. The van der Waals surface area contributed by atoms with Crippen LogP contribution in [0.5, 0.6) is 0 Å². The number of ether oxygens (including phenoxy) is 1. The minimum Gasteiger partial charge on any atom is -0.377 e. The van der Waals surface area contributed by atoms with Crippen LogP contribution in [0.4, 0.5) is 0 Å². The molecular weight excluding hydrogens is 112 g/mol. The van der Waals surface area contributed by atoms with Gasteiger partial charge in [0.1, 0.15) is 0 Å². The van der Waals surface area contributed by atoms with Gasteiger partial charge in [-0.3, -0.25) is 0 Å². The SMILES string of the molecule is CC1(C)[CH]C2CCOC21. The monoisotopic (exact) mass is 125 g/mol. The molecular formula is C8H13O. The maximum absolute atomic E-state index is 5.54. The van der Waals surface area contributed by atoms with E-state index in [2.05, 4.69) is 20.3 Å². The molecule has 2 aliphatic rings. The van der Waals surface area contributed by atoms with Gasteiger partial charge in [0, 0.05) is 6.61 Å². The first kappa shape index (κ1) is 5.72. The summed E-state index contributed by atoms with van der Waals surface area (Å²) in [7, 11) is 0. The summed E-state index contributed by atoms with van der Waals surface area (Å²) in [6.45, 7) is 5.48. The molecule has 1 aliphatic carbocycles. The highest BCUT2D eigenvalue weighted by atomic mass is 16.5. The Bertz CT molecular complexity index is 129. The number of hydrogen-bond acceptors (Lipinski definition) is 1. The van der Waals surface area contributed by atoms with Crippen molar-refractivity contribution >= 4 is 0 Å². The van der Waals surface area contributed by atoms with E-state index >= 15 is 0 Å². The van der Waals surface area contributed by atoms with Gasteiger partial charge < -0.3 is 4.74 Å². The quantitative estimate of drug-likeness (QED) is 0.478. The average molecular weight is 125 g/mol. The Morgan fingerprint density at radius 1 is 1.56 bits per heavy atom. The Morgan fingerprint density at radius 3 is 2.78 bits per heavy atom. The molecule has 2 fully saturated rings. The van der Waals surface area contributed by atoms with Gasteiger partial charge >= 0.3 is 0 Å². The highest BCUT2D eigenvalue weighted by molar-refractivity contribution is 5.13. The van der Waals surface area contributed by atoms with Crippen LogP contribution in [0, 0.1) is 17.8 Å². The molecule has 0 amide bonds. The zero-order chi connectivity index (χ0) is 6.48. The van der Waals surface area contributed by atoms with Gasteiger partial charge in [-0.25, -0.2) is 0 Å². The molecule has 1 aliphatic heterocycles. The van der Waals surface area contributed by atoms with Crippen LogP contribution in [0.3, 0.4) is 0 Å². The first-order chi connectivity index (χ1) is 4.20. The van der Waals surface area contributed by atoms with E-state index in [1.54, 1.807) is 0 Å². The van der Waals surface area contributed by atoms with Crippen LogP contribution in [0.2, 0.25) is 0 Å². The van der Waals surface area contributed by atoms with Crippen molar-refractivity contribution in [3.63, 3.8) is 0 Å². The second-order valence-corrected chi connectivity index (χ2v) is 3.73. The Balaban J connectivity index is 2.09. The summed E-state index contributed by atoms with van der Waals surface area (Å²) in [5.41, 5.74) is 0.376. The predicted octanol–water partition coefficient (Wildman–Crippen LogP) is 1.64. The van der Waals surface area contributed by atoms with Gasteiger partial charge in [-0.1, -0.05) is 13.8 Å². The molecule has 0 spiro atoms. The second-order valence-electron chi connectivity index (χ2n) is 3.73.